The van der Waals surface area contributed by atoms with Gasteiger partial charge >= 0.3 is 0 Å². The van der Waals surface area contributed by atoms with Gasteiger partial charge in [-0.2, -0.15) is 0 Å². The number of likely N-dealkylation sites (tertiary alicyclic amines) is 1. The third-order valence-corrected chi connectivity index (χ3v) is 4.69. The van der Waals surface area contributed by atoms with Crippen molar-refractivity contribution in [3.8, 4) is 0 Å². The minimum absolute atomic E-state index is 0.126. The Kier molecular flexibility index (Phi) is 4.07. The van der Waals surface area contributed by atoms with Crippen LogP contribution >= 0.6 is 0 Å². The van der Waals surface area contributed by atoms with Crippen LogP contribution in [0.1, 0.15) is 26.7 Å². The fourth-order valence-corrected chi connectivity index (χ4v) is 2.90. The number of amides is 2. The molecule has 2 saturated heterocycles. The summed E-state index contributed by atoms with van der Waals surface area (Å²) in [7, 11) is 2.07. The van der Waals surface area contributed by atoms with Crippen molar-refractivity contribution >= 4 is 11.8 Å². The van der Waals surface area contributed by atoms with Gasteiger partial charge in [0.05, 0.1) is 13.2 Å². The molecule has 6 heteroatoms. The minimum Gasteiger partial charge on any atom is -0.367 e. The van der Waals surface area contributed by atoms with Crippen LogP contribution in [0.15, 0.2) is 0 Å². The van der Waals surface area contributed by atoms with E-state index in [0.717, 1.165) is 25.9 Å². The molecular formula is C14H25N3O3. The van der Waals surface area contributed by atoms with E-state index in [1.54, 1.807) is 11.8 Å². The van der Waals surface area contributed by atoms with Crippen LogP contribution in [0.5, 0.6) is 0 Å². The molecule has 2 heterocycles. The van der Waals surface area contributed by atoms with E-state index in [1.165, 1.54) is 0 Å². The number of hydrogen-bond donors (Lipinski definition) is 1. The minimum atomic E-state index is -1.06. The van der Waals surface area contributed by atoms with Crippen molar-refractivity contribution in [3.63, 3.8) is 0 Å². The molecule has 0 radical (unpaired) electrons. The predicted octanol–water partition coefficient (Wildman–Crippen LogP) is -0.179. The quantitative estimate of drug-likeness (QED) is 0.763. The molecule has 20 heavy (non-hydrogen) atoms. The molecule has 1 atom stereocenters. The van der Waals surface area contributed by atoms with Gasteiger partial charge in [-0.05, 0) is 39.9 Å². The molecule has 0 bridgehead atoms. The molecule has 2 aliphatic heterocycles. The van der Waals surface area contributed by atoms with Gasteiger partial charge in [0.25, 0.3) is 5.91 Å². The number of hydrogen-bond acceptors (Lipinski definition) is 4. The zero-order valence-corrected chi connectivity index (χ0v) is 12.6. The Morgan fingerprint density at radius 1 is 1.15 bits per heavy atom. The lowest BCUT2D eigenvalue weighted by Gasteiger charge is -2.44. The van der Waals surface area contributed by atoms with Crippen LogP contribution in [0, 0.1) is 5.41 Å². The normalized spacial score (nSPS) is 31.1. The first-order chi connectivity index (χ1) is 9.27. The van der Waals surface area contributed by atoms with Crippen molar-refractivity contribution in [2.45, 2.75) is 32.3 Å². The summed E-state index contributed by atoms with van der Waals surface area (Å²) in [5, 5.41) is 0. The van der Waals surface area contributed by atoms with Gasteiger partial charge in [0.2, 0.25) is 5.91 Å². The Bertz CT molecular complexity index is 404. The van der Waals surface area contributed by atoms with E-state index in [4.69, 9.17) is 10.5 Å². The molecule has 2 fully saturated rings. The maximum Gasteiger partial charge on any atom is 0.251 e. The summed E-state index contributed by atoms with van der Waals surface area (Å²) < 4.78 is 5.47. The van der Waals surface area contributed by atoms with Crippen LogP contribution in [-0.4, -0.2) is 67.0 Å². The summed E-state index contributed by atoms with van der Waals surface area (Å²) in [6.07, 6.45) is 1.71. The number of morpholine rings is 1. The Morgan fingerprint density at radius 3 is 2.30 bits per heavy atom. The Hall–Kier alpha value is -1.14. The van der Waals surface area contributed by atoms with Crippen molar-refractivity contribution in [2.24, 2.45) is 11.1 Å². The molecule has 114 valence electrons. The van der Waals surface area contributed by atoms with E-state index < -0.39 is 11.5 Å². The summed E-state index contributed by atoms with van der Waals surface area (Å²) in [5.74, 6) is -0.384. The third kappa shape index (κ3) is 2.81. The van der Waals surface area contributed by atoms with Crippen molar-refractivity contribution in [3.05, 3.63) is 0 Å². The van der Waals surface area contributed by atoms with Gasteiger partial charge in [0.1, 0.15) is 0 Å². The number of carbonyl (C=O) groups excluding carboxylic acids is 2. The van der Waals surface area contributed by atoms with Crippen molar-refractivity contribution < 1.29 is 14.3 Å². The second-order valence-electron chi connectivity index (χ2n) is 6.53. The summed E-state index contributed by atoms with van der Waals surface area (Å²) in [5.41, 5.74) is 3.99. The average Bonchev–Trinajstić information content (AvgIpc) is 2.41. The molecule has 0 aromatic heterocycles. The van der Waals surface area contributed by atoms with Gasteiger partial charge in [-0.1, -0.05) is 6.92 Å². The molecule has 0 aromatic rings. The highest BCUT2D eigenvalue weighted by molar-refractivity contribution is 5.86. The number of carbonyl (C=O) groups is 2. The first-order valence-corrected chi connectivity index (χ1v) is 7.19. The van der Waals surface area contributed by atoms with Crippen molar-refractivity contribution in [1.29, 1.82) is 0 Å². The van der Waals surface area contributed by atoms with E-state index in [-0.39, 0.29) is 17.9 Å². The Morgan fingerprint density at radius 2 is 1.75 bits per heavy atom. The van der Waals surface area contributed by atoms with E-state index in [1.807, 2.05) is 6.92 Å². The SMILES string of the molecule is CN1CCC(C)(C(=O)N2CCO[C@](C)(C(N)=O)C2)CC1. The number of nitrogens with two attached hydrogens (primary N) is 1. The zero-order valence-electron chi connectivity index (χ0n) is 12.6. The number of ether oxygens (including phenoxy) is 1. The number of nitrogens with zero attached hydrogens (tertiary/aromatic N) is 2. The fraction of sp³-hybridized carbons (Fsp3) is 0.857. The molecule has 2 aliphatic rings. The predicted molar refractivity (Wildman–Crippen MR) is 75.0 cm³/mol. The Balaban J connectivity index is 2.07. The molecule has 6 nitrogen and oxygen atoms in total. The lowest BCUT2D eigenvalue weighted by atomic mass is 9.78. The smallest absolute Gasteiger partial charge is 0.251 e. The van der Waals surface area contributed by atoms with Crippen LogP contribution in [0.2, 0.25) is 0 Å². The third-order valence-electron chi connectivity index (χ3n) is 4.69. The maximum absolute atomic E-state index is 12.8. The largest absolute Gasteiger partial charge is 0.367 e. The van der Waals surface area contributed by atoms with Crippen LogP contribution in [0.3, 0.4) is 0 Å². The van der Waals surface area contributed by atoms with Gasteiger partial charge < -0.3 is 20.3 Å². The van der Waals surface area contributed by atoms with Crippen molar-refractivity contribution in [1.82, 2.24) is 9.80 Å². The van der Waals surface area contributed by atoms with E-state index in [9.17, 15) is 9.59 Å². The van der Waals surface area contributed by atoms with Gasteiger partial charge in [-0.3, -0.25) is 9.59 Å². The van der Waals surface area contributed by atoms with Crippen LogP contribution in [0.25, 0.3) is 0 Å². The highest BCUT2D eigenvalue weighted by atomic mass is 16.5. The number of piperidine rings is 1. The van der Waals surface area contributed by atoms with Crippen LogP contribution in [-0.2, 0) is 14.3 Å². The second kappa shape index (κ2) is 5.33. The second-order valence-corrected chi connectivity index (χ2v) is 6.53. The molecule has 2 amide bonds. The van der Waals surface area contributed by atoms with Gasteiger partial charge in [0.15, 0.2) is 5.60 Å². The monoisotopic (exact) mass is 283 g/mol. The van der Waals surface area contributed by atoms with Crippen LogP contribution in [0.4, 0.5) is 0 Å². The van der Waals surface area contributed by atoms with Crippen LogP contribution < -0.4 is 5.73 Å². The molecule has 2 N–H and O–H groups in total. The fourth-order valence-electron chi connectivity index (χ4n) is 2.90. The molecular weight excluding hydrogens is 258 g/mol. The lowest BCUT2D eigenvalue weighted by molar-refractivity contribution is -0.166. The highest BCUT2D eigenvalue weighted by Gasteiger charge is 2.44. The summed E-state index contributed by atoms with van der Waals surface area (Å²) in [4.78, 5) is 28.3. The summed E-state index contributed by atoms with van der Waals surface area (Å²) in [6, 6.07) is 0. The molecule has 2 rings (SSSR count). The number of primary amides is 1. The van der Waals surface area contributed by atoms with E-state index in [2.05, 4.69) is 11.9 Å². The van der Waals surface area contributed by atoms with Gasteiger partial charge in [0, 0.05) is 12.0 Å². The van der Waals surface area contributed by atoms with Crippen molar-refractivity contribution in [2.75, 3.05) is 39.8 Å². The summed E-state index contributed by atoms with van der Waals surface area (Å²) >= 11 is 0. The van der Waals surface area contributed by atoms with Gasteiger partial charge in [-0.15, -0.1) is 0 Å². The first kappa shape index (κ1) is 15.3. The first-order valence-electron chi connectivity index (χ1n) is 7.19. The molecule has 0 aliphatic carbocycles. The highest BCUT2D eigenvalue weighted by Crippen LogP contribution is 2.33. The molecule has 0 spiro atoms. The van der Waals surface area contributed by atoms with Gasteiger partial charge in [-0.25, -0.2) is 0 Å². The topological polar surface area (TPSA) is 75.9 Å². The standard InChI is InChI=1S/C14H25N3O3/c1-13(4-6-16(3)7-5-13)12(19)17-8-9-20-14(2,10-17)11(15)18/h4-10H2,1-3H3,(H2,15,18)/t14-/m0/s1. The molecule has 0 aromatic carbocycles. The maximum atomic E-state index is 12.8. The zero-order chi connectivity index (χ0) is 15.0. The average molecular weight is 283 g/mol. The Labute approximate surface area is 120 Å². The van der Waals surface area contributed by atoms with E-state index in [0.29, 0.717) is 13.2 Å². The lowest BCUT2D eigenvalue weighted by Crippen LogP contribution is -2.60. The number of rotatable bonds is 2. The molecule has 0 saturated carbocycles. The molecule has 0 unspecified atom stereocenters. The summed E-state index contributed by atoms with van der Waals surface area (Å²) in [6.45, 7) is 6.70. The van der Waals surface area contributed by atoms with E-state index >= 15 is 0 Å².